The van der Waals surface area contributed by atoms with E-state index >= 15 is 0 Å². The van der Waals surface area contributed by atoms with Crippen molar-refractivity contribution in [2.24, 2.45) is 0 Å². The van der Waals surface area contributed by atoms with Gasteiger partial charge in [0.15, 0.2) is 10.8 Å². The largest absolute Gasteiger partial charge is 0.476 e. The van der Waals surface area contributed by atoms with Crippen molar-refractivity contribution in [1.29, 1.82) is 0 Å². The van der Waals surface area contributed by atoms with Crippen LogP contribution in [0.1, 0.15) is 23.8 Å². The molecule has 0 aliphatic carbocycles. The van der Waals surface area contributed by atoms with Gasteiger partial charge in [-0.15, -0.1) is 11.3 Å². The average molecular weight is 242 g/mol. The number of nitrogens with zero attached hydrogens (tertiary/aromatic N) is 2. The molecule has 0 aromatic carbocycles. The first kappa shape index (κ1) is 11.3. The Kier molecular flexibility index (Phi) is 3.40. The third kappa shape index (κ3) is 2.33. The van der Waals surface area contributed by atoms with Gasteiger partial charge >= 0.3 is 5.97 Å². The molecule has 6 heteroatoms. The summed E-state index contributed by atoms with van der Waals surface area (Å²) in [7, 11) is 0. The minimum absolute atomic E-state index is 0.125. The van der Waals surface area contributed by atoms with Crippen LogP contribution in [-0.2, 0) is 4.74 Å². The number of aromatic nitrogens is 1. The topological polar surface area (TPSA) is 62.7 Å². The summed E-state index contributed by atoms with van der Waals surface area (Å²) in [4.78, 5) is 16.9. The SMILES string of the molecule is CCO[C@@H]1CCN(c2nc(C(=O)O)cs2)C1. The van der Waals surface area contributed by atoms with Gasteiger partial charge in [0.1, 0.15) is 0 Å². The Morgan fingerprint density at radius 1 is 1.81 bits per heavy atom. The second-order valence-electron chi connectivity index (χ2n) is 3.63. The van der Waals surface area contributed by atoms with E-state index in [0.29, 0.717) is 0 Å². The van der Waals surface area contributed by atoms with Crippen LogP contribution in [0.25, 0.3) is 0 Å². The van der Waals surface area contributed by atoms with Crippen LogP contribution in [-0.4, -0.2) is 41.9 Å². The lowest BCUT2D eigenvalue weighted by Gasteiger charge is -2.14. The highest BCUT2D eigenvalue weighted by Gasteiger charge is 2.25. The Hall–Kier alpha value is -1.14. The molecule has 1 aromatic heterocycles. The molecule has 2 heterocycles. The van der Waals surface area contributed by atoms with Crippen molar-refractivity contribution < 1.29 is 14.6 Å². The molecular weight excluding hydrogens is 228 g/mol. The zero-order valence-corrected chi connectivity index (χ0v) is 9.87. The van der Waals surface area contributed by atoms with Gasteiger partial charge in [0, 0.05) is 25.1 Å². The molecule has 5 nitrogen and oxygen atoms in total. The molecule has 0 bridgehead atoms. The van der Waals surface area contributed by atoms with E-state index in [-0.39, 0.29) is 11.8 Å². The lowest BCUT2D eigenvalue weighted by molar-refractivity contribution is 0.0691. The van der Waals surface area contributed by atoms with E-state index in [1.165, 1.54) is 11.3 Å². The molecule has 2 rings (SSSR count). The average Bonchev–Trinajstić information content (AvgIpc) is 2.84. The summed E-state index contributed by atoms with van der Waals surface area (Å²) >= 11 is 1.37. The number of hydrogen-bond acceptors (Lipinski definition) is 5. The fourth-order valence-corrected chi connectivity index (χ4v) is 2.62. The number of thiazole rings is 1. The number of anilines is 1. The first-order chi connectivity index (χ1) is 7.70. The first-order valence-electron chi connectivity index (χ1n) is 5.26. The Balaban J connectivity index is 2.00. The Morgan fingerprint density at radius 2 is 2.62 bits per heavy atom. The lowest BCUT2D eigenvalue weighted by Crippen LogP contribution is -2.22. The third-order valence-electron chi connectivity index (χ3n) is 2.53. The summed E-state index contributed by atoms with van der Waals surface area (Å²) in [6.07, 6.45) is 1.23. The van der Waals surface area contributed by atoms with Crippen LogP contribution in [0.4, 0.5) is 5.13 Å². The monoisotopic (exact) mass is 242 g/mol. The molecule has 1 saturated heterocycles. The molecule has 0 saturated carbocycles. The zero-order chi connectivity index (χ0) is 11.5. The van der Waals surface area contributed by atoms with E-state index < -0.39 is 5.97 Å². The van der Waals surface area contributed by atoms with Gasteiger partial charge in [0.25, 0.3) is 0 Å². The Bertz CT molecular complexity index is 380. The second kappa shape index (κ2) is 4.80. The maximum Gasteiger partial charge on any atom is 0.355 e. The number of rotatable bonds is 4. The van der Waals surface area contributed by atoms with Gasteiger partial charge in [-0.1, -0.05) is 0 Å². The van der Waals surface area contributed by atoms with Crippen LogP contribution >= 0.6 is 11.3 Å². The molecule has 1 fully saturated rings. The molecule has 1 atom stereocenters. The van der Waals surface area contributed by atoms with Gasteiger partial charge < -0.3 is 14.7 Å². The molecule has 0 radical (unpaired) electrons. The fraction of sp³-hybridized carbons (Fsp3) is 0.600. The standard InChI is InChI=1S/C10H14N2O3S/c1-2-15-7-3-4-12(5-7)10-11-8(6-16-10)9(13)14/h6-7H,2-5H2,1H3,(H,13,14)/t7-/m1/s1. The quantitative estimate of drug-likeness (QED) is 0.866. The first-order valence-corrected chi connectivity index (χ1v) is 6.14. The molecule has 1 aliphatic rings. The minimum atomic E-state index is -0.969. The van der Waals surface area contributed by atoms with Gasteiger partial charge in [-0.3, -0.25) is 0 Å². The van der Waals surface area contributed by atoms with E-state index in [1.807, 2.05) is 6.92 Å². The van der Waals surface area contributed by atoms with E-state index in [0.717, 1.165) is 31.2 Å². The van der Waals surface area contributed by atoms with Gasteiger partial charge in [-0.05, 0) is 13.3 Å². The predicted octanol–water partition coefficient (Wildman–Crippen LogP) is 1.46. The van der Waals surface area contributed by atoms with Crippen molar-refractivity contribution in [3.8, 4) is 0 Å². The van der Waals surface area contributed by atoms with Crippen LogP contribution in [0, 0.1) is 0 Å². The molecule has 1 aliphatic heterocycles. The van der Waals surface area contributed by atoms with E-state index in [9.17, 15) is 4.79 Å². The van der Waals surface area contributed by atoms with Crippen LogP contribution in [0.15, 0.2) is 5.38 Å². The Morgan fingerprint density at radius 3 is 3.25 bits per heavy atom. The van der Waals surface area contributed by atoms with Gasteiger partial charge in [-0.25, -0.2) is 9.78 Å². The van der Waals surface area contributed by atoms with E-state index in [2.05, 4.69) is 9.88 Å². The maximum atomic E-state index is 10.7. The number of hydrogen-bond donors (Lipinski definition) is 1. The normalized spacial score (nSPS) is 20.3. The summed E-state index contributed by atoms with van der Waals surface area (Å²) in [6.45, 7) is 4.39. The zero-order valence-electron chi connectivity index (χ0n) is 9.05. The number of carboxylic acid groups (broad SMARTS) is 1. The number of ether oxygens (including phenoxy) is 1. The number of carboxylic acids is 1. The summed E-state index contributed by atoms with van der Waals surface area (Å²) < 4.78 is 5.53. The van der Waals surface area contributed by atoms with Crippen molar-refractivity contribution in [3.05, 3.63) is 11.1 Å². The van der Waals surface area contributed by atoms with Crippen LogP contribution < -0.4 is 4.90 Å². The van der Waals surface area contributed by atoms with Crippen molar-refractivity contribution in [1.82, 2.24) is 4.98 Å². The van der Waals surface area contributed by atoms with Gasteiger partial charge in [0.2, 0.25) is 0 Å². The van der Waals surface area contributed by atoms with Crippen LogP contribution in [0.2, 0.25) is 0 Å². The maximum absolute atomic E-state index is 10.7. The van der Waals surface area contributed by atoms with E-state index in [1.54, 1.807) is 5.38 Å². The molecule has 1 aromatic rings. The highest BCUT2D eigenvalue weighted by atomic mass is 32.1. The predicted molar refractivity (Wildman–Crippen MR) is 61.3 cm³/mol. The molecule has 16 heavy (non-hydrogen) atoms. The third-order valence-corrected chi connectivity index (χ3v) is 3.43. The van der Waals surface area contributed by atoms with Crippen molar-refractivity contribution in [2.75, 3.05) is 24.6 Å². The van der Waals surface area contributed by atoms with Crippen molar-refractivity contribution in [2.45, 2.75) is 19.4 Å². The van der Waals surface area contributed by atoms with Gasteiger partial charge in [-0.2, -0.15) is 0 Å². The highest BCUT2D eigenvalue weighted by Crippen LogP contribution is 2.25. The summed E-state index contributed by atoms with van der Waals surface area (Å²) in [6, 6.07) is 0. The highest BCUT2D eigenvalue weighted by molar-refractivity contribution is 7.13. The van der Waals surface area contributed by atoms with Crippen molar-refractivity contribution in [3.63, 3.8) is 0 Å². The molecule has 0 unspecified atom stereocenters. The fourth-order valence-electron chi connectivity index (χ4n) is 1.78. The molecule has 0 spiro atoms. The second-order valence-corrected chi connectivity index (χ2v) is 4.47. The number of carbonyl (C=O) groups is 1. The molecule has 0 amide bonds. The van der Waals surface area contributed by atoms with Crippen LogP contribution in [0.5, 0.6) is 0 Å². The molecular formula is C10H14N2O3S. The lowest BCUT2D eigenvalue weighted by atomic mass is 10.3. The van der Waals surface area contributed by atoms with Crippen molar-refractivity contribution >= 4 is 22.4 Å². The van der Waals surface area contributed by atoms with Crippen LogP contribution in [0.3, 0.4) is 0 Å². The van der Waals surface area contributed by atoms with Gasteiger partial charge in [0.05, 0.1) is 6.10 Å². The van der Waals surface area contributed by atoms with E-state index in [4.69, 9.17) is 9.84 Å². The smallest absolute Gasteiger partial charge is 0.355 e. The summed E-state index contributed by atoms with van der Waals surface area (Å²) in [5, 5.41) is 11.1. The summed E-state index contributed by atoms with van der Waals surface area (Å²) in [5.74, 6) is -0.969. The molecule has 1 N–H and O–H groups in total. The molecule has 88 valence electrons. The Labute approximate surface area is 97.7 Å². The number of aromatic carboxylic acids is 1. The minimum Gasteiger partial charge on any atom is -0.476 e. The summed E-state index contributed by atoms with van der Waals surface area (Å²) in [5.41, 5.74) is 0.125.